The van der Waals surface area contributed by atoms with Crippen LogP contribution in [0.2, 0.25) is 0 Å². The van der Waals surface area contributed by atoms with Gasteiger partial charge < -0.3 is 15.2 Å². The number of hydrogen-bond acceptors (Lipinski definition) is 4. The summed E-state index contributed by atoms with van der Waals surface area (Å²) in [5, 5.41) is 13.5. The summed E-state index contributed by atoms with van der Waals surface area (Å²) in [6, 6.07) is 10.5. The minimum atomic E-state index is -0.960. The van der Waals surface area contributed by atoms with E-state index in [4.69, 9.17) is 9.84 Å². The minimum absolute atomic E-state index is 0.146. The largest absolute Gasteiger partial charge is 0.484 e. The van der Waals surface area contributed by atoms with Crippen molar-refractivity contribution >= 4 is 23.2 Å². The molecule has 5 nitrogen and oxygen atoms in total. The van der Waals surface area contributed by atoms with Crippen molar-refractivity contribution in [2.24, 2.45) is 0 Å². The van der Waals surface area contributed by atoms with Crippen molar-refractivity contribution in [1.82, 2.24) is 5.32 Å². The molecule has 0 fully saturated rings. The van der Waals surface area contributed by atoms with Gasteiger partial charge >= 0.3 is 5.97 Å². The van der Waals surface area contributed by atoms with E-state index in [2.05, 4.69) is 5.32 Å². The van der Waals surface area contributed by atoms with E-state index in [9.17, 15) is 9.59 Å². The third-order valence-electron chi connectivity index (χ3n) is 3.05. The number of carbonyl (C=O) groups is 2. The number of carboxylic acid groups (broad SMARTS) is 1. The molecule has 1 aromatic heterocycles. The summed E-state index contributed by atoms with van der Waals surface area (Å²) < 4.78 is 5.47. The molecular formula is C16H17NO4S. The maximum absolute atomic E-state index is 12.0. The molecule has 0 aliphatic heterocycles. The standard InChI is InChI=1S/C16H17NO4S/c1-11-5-2-3-6-13(11)21-10-15(18)17-12(9-16(19)20)14-7-4-8-22-14/h2-8,12H,9-10H2,1H3,(H,17,18)(H,19,20)/t12-/m1/s1. The Bertz CT molecular complexity index is 639. The Morgan fingerprint density at radius 1 is 1.27 bits per heavy atom. The SMILES string of the molecule is Cc1ccccc1OCC(=O)N[C@H](CC(=O)O)c1cccs1. The second-order valence-electron chi connectivity index (χ2n) is 4.79. The molecule has 1 heterocycles. The van der Waals surface area contributed by atoms with Crippen LogP contribution in [0.3, 0.4) is 0 Å². The molecule has 2 aromatic rings. The summed E-state index contributed by atoms with van der Waals surface area (Å²) >= 11 is 1.41. The van der Waals surface area contributed by atoms with E-state index < -0.39 is 12.0 Å². The van der Waals surface area contributed by atoms with E-state index in [-0.39, 0.29) is 18.9 Å². The molecule has 6 heteroatoms. The van der Waals surface area contributed by atoms with E-state index in [1.807, 2.05) is 36.6 Å². The molecule has 0 saturated carbocycles. The number of benzene rings is 1. The molecule has 2 N–H and O–H groups in total. The number of amides is 1. The van der Waals surface area contributed by atoms with Crippen molar-refractivity contribution in [2.75, 3.05) is 6.61 Å². The normalized spacial score (nSPS) is 11.7. The molecule has 0 aliphatic rings. The van der Waals surface area contributed by atoms with Crippen LogP contribution < -0.4 is 10.1 Å². The molecular weight excluding hydrogens is 302 g/mol. The molecule has 0 saturated heterocycles. The topological polar surface area (TPSA) is 75.6 Å². The number of carboxylic acids is 1. The number of aliphatic carboxylic acids is 1. The average molecular weight is 319 g/mol. The third kappa shape index (κ3) is 4.60. The summed E-state index contributed by atoms with van der Waals surface area (Å²) in [5.74, 6) is -0.662. The van der Waals surface area contributed by atoms with Crippen LogP contribution in [-0.4, -0.2) is 23.6 Å². The Kier molecular flexibility index (Phi) is 5.55. The van der Waals surface area contributed by atoms with Crippen molar-refractivity contribution in [3.05, 3.63) is 52.2 Å². The Labute approximate surface area is 132 Å². The first-order valence-corrected chi connectivity index (χ1v) is 7.67. The van der Waals surface area contributed by atoms with Gasteiger partial charge in [-0.1, -0.05) is 24.3 Å². The van der Waals surface area contributed by atoms with E-state index in [0.717, 1.165) is 10.4 Å². The summed E-state index contributed by atoms with van der Waals surface area (Å²) in [4.78, 5) is 23.7. The van der Waals surface area contributed by atoms with Crippen molar-refractivity contribution in [2.45, 2.75) is 19.4 Å². The lowest BCUT2D eigenvalue weighted by atomic mass is 10.1. The predicted octanol–water partition coefficient (Wildman–Crippen LogP) is 2.77. The molecule has 1 aromatic carbocycles. The van der Waals surface area contributed by atoms with Gasteiger partial charge in [-0.3, -0.25) is 9.59 Å². The quantitative estimate of drug-likeness (QED) is 0.823. The molecule has 0 unspecified atom stereocenters. The van der Waals surface area contributed by atoms with Crippen molar-refractivity contribution in [3.63, 3.8) is 0 Å². The van der Waals surface area contributed by atoms with Crippen LogP contribution in [0.5, 0.6) is 5.75 Å². The Morgan fingerprint density at radius 2 is 2.05 bits per heavy atom. The van der Waals surface area contributed by atoms with Gasteiger partial charge in [0.05, 0.1) is 12.5 Å². The minimum Gasteiger partial charge on any atom is -0.484 e. The monoisotopic (exact) mass is 319 g/mol. The van der Waals surface area contributed by atoms with Gasteiger partial charge in [0.2, 0.25) is 0 Å². The van der Waals surface area contributed by atoms with Crippen LogP contribution in [-0.2, 0) is 9.59 Å². The number of ether oxygens (including phenoxy) is 1. The highest BCUT2D eigenvalue weighted by molar-refractivity contribution is 7.10. The van der Waals surface area contributed by atoms with E-state index in [1.165, 1.54) is 11.3 Å². The second-order valence-corrected chi connectivity index (χ2v) is 5.77. The Hall–Kier alpha value is -2.34. The van der Waals surface area contributed by atoms with Crippen LogP contribution in [0.1, 0.15) is 22.9 Å². The van der Waals surface area contributed by atoms with Gasteiger partial charge in [-0.15, -0.1) is 11.3 Å². The number of rotatable bonds is 7. The van der Waals surface area contributed by atoms with E-state index in [0.29, 0.717) is 5.75 Å². The van der Waals surface area contributed by atoms with Crippen molar-refractivity contribution in [1.29, 1.82) is 0 Å². The lowest BCUT2D eigenvalue weighted by Crippen LogP contribution is -2.33. The molecule has 2 rings (SSSR count). The van der Waals surface area contributed by atoms with Gasteiger partial charge in [0.1, 0.15) is 5.75 Å². The van der Waals surface area contributed by atoms with Crippen LogP contribution in [0.15, 0.2) is 41.8 Å². The van der Waals surface area contributed by atoms with Crippen LogP contribution in [0, 0.1) is 6.92 Å². The summed E-state index contributed by atoms with van der Waals surface area (Å²) in [6.07, 6.45) is -0.156. The number of para-hydroxylation sites is 1. The molecule has 0 radical (unpaired) electrons. The van der Waals surface area contributed by atoms with Gasteiger partial charge in [0.25, 0.3) is 5.91 Å². The number of hydrogen-bond donors (Lipinski definition) is 2. The number of thiophene rings is 1. The lowest BCUT2D eigenvalue weighted by Gasteiger charge is -2.16. The molecule has 0 aliphatic carbocycles. The highest BCUT2D eigenvalue weighted by Crippen LogP contribution is 2.22. The van der Waals surface area contributed by atoms with Crippen molar-refractivity contribution in [3.8, 4) is 5.75 Å². The van der Waals surface area contributed by atoms with Gasteiger partial charge in [-0.25, -0.2) is 0 Å². The van der Waals surface area contributed by atoms with Crippen molar-refractivity contribution < 1.29 is 19.4 Å². The molecule has 1 atom stereocenters. The van der Waals surface area contributed by atoms with Crippen LogP contribution in [0.4, 0.5) is 0 Å². The maximum atomic E-state index is 12.0. The maximum Gasteiger partial charge on any atom is 0.305 e. The number of nitrogens with one attached hydrogen (secondary N) is 1. The molecule has 0 bridgehead atoms. The van der Waals surface area contributed by atoms with Gasteiger partial charge in [0.15, 0.2) is 6.61 Å². The predicted molar refractivity (Wildman–Crippen MR) is 84.1 cm³/mol. The average Bonchev–Trinajstić information content (AvgIpc) is 2.99. The number of aryl methyl sites for hydroxylation is 1. The first-order chi connectivity index (χ1) is 10.6. The van der Waals surface area contributed by atoms with Crippen LogP contribution >= 0.6 is 11.3 Å². The Balaban J connectivity index is 1.94. The van der Waals surface area contributed by atoms with Crippen LogP contribution in [0.25, 0.3) is 0 Å². The molecule has 116 valence electrons. The van der Waals surface area contributed by atoms with E-state index >= 15 is 0 Å². The van der Waals surface area contributed by atoms with E-state index in [1.54, 1.807) is 12.1 Å². The van der Waals surface area contributed by atoms with Gasteiger partial charge in [0, 0.05) is 4.88 Å². The summed E-state index contributed by atoms with van der Waals surface area (Å²) in [6.45, 7) is 1.75. The molecule has 22 heavy (non-hydrogen) atoms. The number of carbonyl (C=O) groups excluding carboxylic acids is 1. The zero-order valence-corrected chi connectivity index (χ0v) is 12.9. The summed E-state index contributed by atoms with van der Waals surface area (Å²) in [5.41, 5.74) is 0.940. The first kappa shape index (κ1) is 16.0. The fourth-order valence-corrected chi connectivity index (χ4v) is 2.76. The molecule has 0 spiro atoms. The first-order valence-electron chi connectivity index (χ1n) is 6.79. The lowest BCUT2D eigenvalue weighted by molar-refractivity contribution is -0.137. The highest BCUT2D eigenvalue weighted by Gasteiger charge is 2.19. The molecule has 1 amide bonds. The highest BCUT2D eigenvalue weighted by atomic mass is 32.1. The fraction of sp³-hybridized carbons (Fsp3) is 0.250. The second kappa shape index (κ2) is 7.61. The zero-order valence-electron chi connectivity index (χ0n) is 12.1. The van der Waals surface area contributed by atoms with Gasteiger partial charge in [-0.2, -0.15) is 0 Å². The zero-order chi connectivity index (χ0) is 15.9. The Morgan fingerprint density at radius 3 is 2.68 bits per heavy atom. The van der Waals surface area contributed by atoms with Gasteiger partial charge in [-0.05, 0) is 30.0 Å². The smallest absolute Gasteiger partial charge is 0.305 e. The summed E-state index contributed by atoms with van der Waals surface area (Å²) in [7, 11) is 0. The fourth-order valence-electron chi connectivity index (χ4n) is 1.98. The third-order valence-corrected chi connectivity index (χ3v) is 4.04.